The summed E-state index contributed by atoms with van der Waals surface area (Å²) in [4.78, 5) is 13.4. The molecule has 0 aliphatic carbocycles. The van der Waals surface area contributed by atoms with E-state index in [0.717, 1.165) is 19.5 Å². The number of nitrogens with zero attached hydrogens (tertiary/aromatic N) is 2. The van der Waals surface area contributed by atoms with Crippen molar-refractivity contribution in [3.8, 4) is 0 Å². The summed E-state index contributed by atoms with van der Waals surface area (Å²) in [5.41, 5.74) is 11.2. The largest absolute Gasteiger partial charge is 0.382 e. The first-order valence-electron chi connectivity index (χ1n) is 5.08. The van der Waals surface area contributed by atoms with Crippen LogP contribution in [0.3, 0.4) is 0 Å². The summed E-state index contributed by atoms with van der Waals surface area (Å²) >= 11 is 1.19. The molecule has 0 aromatic carbocycles. The first-order valence-corrected chi connectivity index (χ1v) is 5.85. The van der Waals surface area contributed by atoms with E-state index in [1.165, 1.54) is 11.5 Å². The zero-order valence-corrected chi connectivity index (χ0v) is 9.88. The van der Waals surface area contributed by atoms with E-state index in [1.807, 2.05) is 0 Å². The maximum atomic E-state index is 11.2. The van der Waals surface area contributed by atoms with E-state index in [9.17, 15) is 4.79 Å². The molecule has 1 amide bonds. The summed E-state index contributed by atoms with van der Waals surface area (Å²) in [5, 5.41) is 3.96. The highest BCUT2D eigenvalue weighted by molar-refractivity contribution is 7.11. The second-order valence-electron chi connectivity index (χ2n) is 4.03. The van der Waals surface area contributed by atoms with Crippen LogP contribution in [0.4, 0.5) is 10.8 Å². The second-order valence-corrected chi connectivity index (χ2v) is 4.80. The van der Waals surface area contributed by atoms with Gasteiger partial charge in [0.15, 0.2) is 5.82 Å². The topological polar surface area (TPSA) is 97.3 Å². The number of nitrogens with two attached hydrogens (primary N) is 2. The number of carbonyl (C=O) groups is 1. The zero-order chi connectivity index (χ0) is 11.7. The van der Waals surface area contributed by atoms with Crippen molar-refractivity contribution in [1.82, 2.24) is 9.27 Å². The second kappa shape index (κ2) is 4.26. The van der Waals surface area contributed by atoms with Gasteiger partial charge in [0, 0.05) is 12.6 Å². The van der Waals surface area contributed by atoms with Gasteiger partial charge in [-0.25, -0.2) is 0 Å². The van der Waals surface area contributed by atoms with Crippen molar-refractivity contribution in [2.75, 3.05) is 31.2 Å². The molecule has 1 aliphatic heterocycles. The fraction of sp³-hybridized carbons (Fsp3) is 0.556. The Morgan fingerprint density at radius 2 is 2.44 bits per heavy atom. The van der Waals surface area contributed by atoms with Crippen LogP contribution in [0.15, 0.2) is 0 Å². The van der Waals surface area contributed by atoms with Crippen molar-refractivity contribution < 1.29 is 4.79 Å². The molecule has 0 saturated carbocycles. The predicted molar refractivity (Wildman–Crippen MR) is 64.6 cm³/mol. The zero-order valence-electron chi connectivity index (χ0n) is 9.06. The molecule has 0 radical (unpaired) electrons. The van der Waals surface area contributed by atoms with Gasteiger partial charge in [-0.2, -0.15) is 4.37 Å². The van der Waals surface area contributed by atoms with Gasteiger partial charge >= 0.3 is 0 Å². The Bertz CT molecular complexity index is 405. The van der Waals surface area contributed by atoms with Crippen LogP contribution in [0, 0.1) is 0 Å². The highest BCUT2D eigenvalue weighted by atomic mass is 32.1. The number of carbonyl (C=O) groups excluding carboxylic acids is 1. The van der Waals surface area contributed by atoms with Crippen molar-refractivity contribution in [2.45, 2.75) is 12.5 Å². The quantitative estimate of drug-likeness (QED) is 0.689. The van der Waals surface area contributed by atoms with Crippen molar-refractivity contribution in [1.29, 1.82) is 0 Å². The van der Waals surface area contributed by atoms with Crippen LogP contribution in [-0.4, -0.2) is 41.4 Å². The fourth-order valence-corrected chi connectivity index (χ4v) is 2.67. The third-order valence-corrected chi connectivity index (χ3v) is 3.48. The Morgan fingerprint density at radius 3 is 3.00 bits per heavy atom. The lowest BCUT2D eigenvalue weighted by Gasteiger charge is -2.12. The molecule has 2 heterocycles. The number of hydrogen-bond acceptors (Lipinski definition) is 6. The van der Waals surface area contributed by atoms with E-state index in [4.69, 9.17) is 11.5 Å². The number of aromatic nitrogens is 1. The number of likely N-dealkylation sites (tertiary alicyclic amines) is 1. The number of primary amides is 1. The monoisotopic (exact) mass is 241 g/mol. The summed E-state index contributed by atoms with van der Waals surface area (Å²) in [6.45, 7) is 2.01. The Kier molecular flexibility index (Phi) is 2.97. The van der Waals surface area contributed by atoms with Gasteiger partial charge in [0.1, 0.15) is 10.6 Å². The molecule has 0 spiro atoms. The SMILES string of the molecule is CN1CCC(Nc2snc(N)c2C(N)=O)C1. The highest BCUT2D eigenvalue weighted by Gasteiger charge is 2.23. The van der Waals surface area contributed by atoms with Gasteiger partial charge in [-0.3, -0.25) is 4.79 Å². The van der Waals surface area contributed by atoms with Gasteiger partial charge in [-0.1, -0.05) is 0 Å². The molecule has 1 aromatic heterocycles. The standard InChI is InChI=1S/C9H15N5OS/c1-14-3-2-5(4-14)12-9-6(8(11)15)7(10)13-16-9/h5,12H,2-4H2,1H3,(H2,10,13)(H2,11,15). The molecule has 1 atom stereocenters. The molecule has 1 fully saturated rings. The molecule has 5 N–H and O–H groups in total. The van der Waals surface area contributed by atoms with E-state index in [-0.39, 0.29) is 5.82 Å². The Morgan fingerprint density at radius 1 is 1.69 bits per heavy atom. The Balaban J connectivity index is 2.12. The van der Waals surface area contributed by atoms with Gasteiger partial charge in [-0.15, -0.1) is 0 Å². The number of anilines is 2. The number of nitrogen functional groups attached to an aromatic ring is 1. The molecule has 0 bridgehead atoms. The first-order chi connectivity index (χ1) is 7.58. The molecular formula is C9H15N5OS. The van der Waals surface area contributed by atoms with Crippen molar-refractivity contribution in [3.63, 3.8) is 0 Å². The van der Waals surface area contributed by atoms with Crippen LogP contribution in [0.5, 0.6) is 0 Å². The lowest BCUT2D eigenvalue weighted by atomic mass is 10.2. The van der Waals surface area contributed by atoms with Crippen LogP contribution in [-0.2, 0) is 0 Å². The summed E-state index contributed by atoms with van der Waals surface area (Å²) in [5.74, 6) is -0.313. The molecule has 16 heavy (non-hydrogen) atoms. The molecular weight excluding hydrogens is 226 g/mol. The van der Waals surface area contributed by atoms with Crippen LogP contribution < -0.4 is 16.8 Å². The molecule has 1 unspecified atom stereocenters. The van der Waals surface area contributed by atoms with E-state index >= 15 is 0 Å². The van der Waals surface area contributed by atoms with Crippen LogP contribution in [0.2, 0.25) is 0 Å². The van der Waals surface area contributed by atoms with E-state index in [2.05, 4.69) is 21.6 Å². The number of hydrogen-bond donors (Lipinski definition) is 3. The van der Waals surface area contributed by atoms with Crippen molar-refractivity contribution in [3.05, 3.63) is 5.56 Å². The third-order valence-electron chi connectivity index (χ3n) is 2.69. The van der Waals surface area contributed by atoms with Crippen molar-refractivity contribution in [2.24, 2.45) is 5.73 Å². The smallest absolute Gasteiger partial charge is 0.255 e. The fourth-order valence-electron chi connectivity index (χ4n) is 1.88. The van der Waals surface area contributed by atoms with Gasteiger partial charge < -0.3 is 21.7 Å². The maximum Gasteiger partial charge on any atom is 0.255 e. The summed E-state index contributed by atoms with van der Waals surface area (Å²) < 4.78 is 3.94. The lowest BCUT2D eigenvalue weighted by molar-refractivity contribution is 0.100. The Hall–Kier alpha value is -1.34. The minimum Gasteiger partial charge on any atom is -0.382 e. The van der Waals surface area contributed by atoms with Crippen LogP contribution >= 0.6 is 11.5 Å². The minimum atomic E-state index is -0.528. The first kappa shape index (κ1) is 11.2. The average Bonchev–Trinajstić information content (AvgIpc) is 2.74. The molecule has 7 heteroatoms. The highest BCUT2D eigenvalue weighted by Crippen LogP contribution is 2.28. The number of rotatable bonds is 3. The lowest BCUT2D eigenvalue weighted by Crippen LogP contribution is -2.24. The molecule has 88 valence electrons. The summed E-state index contributed by atoms with van der Waals surface area (Å²) in [6, 6.07) is 0.336. The number of nitrogens with one attached hydrogen (secondary N) is 1. The van der Waals surface area contributed by atoms with Gasteiger partial charge in [0.2, 0.25) is 0 Å². The van der Waals surface area contributed by atoms with E-state index < -0.39 is 5.91 Å². The maximum absolute atomic E-state index is 11.2. The van der Waals surface area contributed by atoms with Gasteiger partial charge in [0.25, 0.3) is 5.91 Å². The van der Waals surface area contributed by atoms with Crippen LogP contribution in [0.1, 0.15) is 16.8 Å². The van der Waals surface area contributed by atoms with E-state index in [1.54, 1.807) is 0 Å². The molecule has 1 saturated heterocycles. The minimum absolute atomic E-state index is 0.214. The molecule has 2 rings (SSSR count). The van der Waals surface area contributed by atoms with Crippen molar-refractivity contribution >= 4 is 28.3 Å². The Labute approximate surface area is 97.8 Å². The normalized spacial score (nSPS) is 21.2. The third kappa shape index (κ3) is 2.10. The van der Waals surface area contributed by atoms with Crippen LogP contribution in [0.25, 0.3) is 0 Å². The molecule has 1 aliphatic rings. The average molecular weight is 241 g/mol. The summed E-state index contributed by atoms with van der Waals surface area (Å²) in [7, 11) is 2.07. The molecule has 6 nitrogen and oxygen atoms in total. The van der Waals surface area contributed by atoms with E-state index in [0.29, 0.717) is 16.6 Å². The summed E-state index contributed by atoms with van der Waals surface area (Å²) in [6.07, 6.45) is 1.05. The number of amides is 1. The predicted octanol–water partition coefficient (Wildman–Crippen LogP) is -0.0598. The molecule has 1 aromatic rings. The number of likely N-dealkylation sites (N-methyl/N-ethyl adjacent to an activating group) is 1. The van der Waals surface area contributed by atoms with Gasteiger partial charge in [-0.05, 0) is 31.5 Å². The van der Waals surface area contributed by atoms with Gasteiger partial charge in [0.05, 0.1) is 0 Å².